The Morgan fingerprint density at radius 1 is 0.417 bits per heavy atom. The Balaban J connectivity index is 3.76. The molecule has 136 valence electrons. The van der Waals surface area contributed by atoms with Crippen LogP contribution >= 0.6 is 0 Å². The van der Waals surface area contributed by atoms with Crippen molar-refractivity contribution in [3.05, 3.63) is 46.6 Å². The molecule has 0 bridgehead atoms. The monoisotopic (exact) mass is 336 g/mol. The van der Waals surface area contributed by atoms with E-state index in [2.05, 4.69) is 0 Å². The summed E-state index contributed by atoms with van der Waals surface area (Å²) >= 11 is 0. The normalized spacial score (nSPS) is 18.2. The van der Waals surface area contributed by atoms with Crippen LogP contribution in [0.1, 0.15) is 55.4 Å². The summed E-state index contributed by atoms with van der Waals surface area (Å²) < 4.78 is 0. The van der Waals surface area contributed by atoms with Gasteiger partial charge in [-0.15, -0.1) is 0 Å². The summed E-state index contributed by atoms with van der Waals surface area (Å²) in [7, 11) is 0. The molecule has 4 N–H and O–H groups in total. The van der Waals surface area contributed by atoms with Gasteiger partial charge >= 0.3 is 0 Å². The largest absolute Gasteiger partial charge is 0.386 e. The van der Waals surface area contributed by atoms with E-state index < -0.39 is 22.4 Å². The molecule has 24 heavy (non-hydrogen) atoms. The minimum absolute atomic E-state index is 0.569. The molecule has 0 heterocycles. The van der Waals surface area contributed by atoms with E-state index in [4.69, 9.17) is 0 Å². The minimum atomic E-state index is -1.15. The van der Waals surface area contributed by atoms with Crippen LogP contribution < -0.4 is 0 Å². The van der Waals surface area contributed by atoms with Crippen molar-refractivity contribution in [3.63, 3.8) is 0 Å². The molecule has 0 aromatic rings. The fourth-order valence-corrected chi connectivity index (χ4v) is 2.25. The third-order valence-electron chi connectivity index (χ3n) is 4.07. The van der Waals surface area contributed by atoms with Crippen molar-refractivity contribution in [2.45, 2.75) is 77.8 Å². The molecular formula is C20H32O4. The molecule has 0 spiro atoms. The standard InChI is InChI=1S/C20H32O4/c1-17(2,21)13-9-14(18(3,4)22)11-16(20(7,8)24)12-15(10-13)19(5,6)23/h9-12,21-24H,1-8H3. The Morgan fingerprint density at radius 2 is 0.542 bits per heavy atom. The van der Waals surface area contributed by atoms with Gasteiger partial charge in [0.25, 0.3) is 0 Å². The average molecular weight is 336 g/mol. The van der Waals surface area contributed by atoms with Crippen molar-refractivity contribution in [1.29, 1.82) is 0 Å². The third-order valence-corrected chi connectivity index (χ3v) is 4.07. The Labute approximate surface area is 145 Å². The van der Waals surface area contributed by atoms with E-state index >= 15 is 0 Å². The Kier molecular flexibility index (Phi) is 5.44. The maximum Gasteiger partial charge on any atom is 0.0840 e. The Bertz CT molecular complexity index is 481. The van der Waals surface area contributed by atoms with Gasteiger partial charge in [0.1, 0.15) is 0 Å². The first-order chi connectivity index (χ1) is 10.4. The summed E-state index contributed by atoms with van der Waals surface area (Å²) in [5, 5.41) is 41.9. The summed E-state index contributed by atoms with van der Waals surface area (Å²) in [5.41, 5.74) is -2.33. The maximum absolute atomic E-state index is 10.5. The van der Waals surface area contributed by atoms with E-state index in [1.807, 2.05) is 0 Å². The molecule has 4 heteroatoms. The number of hydrogen-bond donors (Lipinski definition) is 4. The van der Waals surface area contributed by atoms with E-state index in [9.17, 15) is 20.4 Å². The lowest BCUT2D eigenvalue weighted by Crippen LogP contribution is -2.30. The van der Waals surface area contributed by atoms with Gasteiger partial charge in [-0.25, -0.2) is 0 Å². The first-order valence-corrected chi connectivity index (χ1v) is 8.20. The quantitative estimate of drug-likeness (QED) is 0.636. The fourth-order valence-electron chi connectivity index (χ4n) is 2.25. The summed E-state index contributed by atoms with van der Waals surface area (Å²) in [6.45, 7) is 13.2. The van der Waals surface area contributed by atoms with E-state index in [0.29, 0.717) is 22.3 Å². The van der Waals surface area contributed by atoms with Crippen LogP contribution in [0, 0.1) is 0 Å². The van der Waals surface area contributed by atoms with Crippen LogP contribution in [-0.2, 0) is 0 Å². The van der Waals surface area contributed by atoms with Crippen molar-refractivity contribution < 1.29 is 20.4 Å². The second kappa shape index (κ2) is 6.26. The minimum Gasteiger partial charge on any atom is -0.386 e. The van der Waals surface area contributed by atoms with Crippen LogP contribution in [0.5, 0.6) is 0 Å². The molecule has 1 aliphatic rings. The lowest BCUT2D eigenvalue weighted by atomic mass is 9.81. The predicted molar refractivity (Wildman–Crippen MR) is 97.5 cm³/mol. The Morgan fingerprint density at radius 3 is 0.625 bits per heavy atom. The highest BCUT2D eigenvalue weighted by Crippen LogP contribution is 2.34. The molecular weight excluding hydrogens is 304 g/mol. The van der Waals surface area contributed by atoms with Crippen LogP contribution in [0.25, 0.3) is 0 Å². The van der Waals surface area contributed by atoms with Crippen molar-refractivity contribution in [1.82, 2.24) is 0 Å². The Hall–Kier alpha value is -1.20. The number of aliphatic hydroxyl groups is 4. The molecule has 0 aliphatic heterocycles. The smallest absolute Gasteiger partial charge is 0.0840 e. The lowest BCUT2D eigenvalue weighted by molar-refractivity contribution is 0.111. The topological polar surface area (TPSA) is 80.9 Å². The summed E-state index contributed by atoms with van der Waals surface area (Å²) in [6.07, 6.45) is 6.85. The van der Waals surface area contributed by atoms with Gasteiger partial charge in [-0.05, 0) is 77.7 Å². The van der Waals surface area contributed by atoms with Crippen LogP contribution in [-0.4, -0.2) is 42.8 Å². The average Bonchev–Trinajstić information content (AvgIpc) is 2.20. The molecule has 0 radical (unpaired) electrons. The fraction of sp³-hybridized carbons (Fsp3) is 0.600. The molecule has 0 aromatic heterocycles. The molecule has 0 unspecified atom stereocenters. The zero-order chi connectivity index (χ0) is 19.1. The summed E-state index contributed by atoms with van der Waals surface area (Å²) in [6, 6.07) is 0. The molecule has 0 fully saturated rings. The van der Waals surface area contributed by atoms with Gasteiger partial charge in [0.2, 0.25) is 0 Å². The molecule has 4 nitrogen and oxygen atoms in total. The van der Waals surface area contributed by atoms with E-state index in [1.165, 1.54) is 0 Å². The van der Waals surface area contributed by atoms with Gasteiger partial charge in [0, 0.05) is 0 Å². The highest BCUT2D eigenvalue weighted by Gasteiger charge is 2.30. The molecule has 0 saturated heterocycles. The molecule has 0 aromatic carbocycles. The molecule has 0 atom stereocenters. The van der Waals surface area contributed by atoms with Gasteiger partial charge in [-0.1, -0.05) is 24.3 Å². The highest BCUT2D eigenvalue weighted by atomic mass is 16.3. The molecule has 0 amide bonds. The van der Waals surface area contributed by atoms with Crippen LogP contribution in [0.15, 0.2) is 46.6 Å². The lowest BCUT2D eigenvalue weighted by Gasteiger charge is -2.31. The van der Waals surface area contributed by atoms with Gasteiger partial charge in [0.05, 0.1) is 22.4 Å². The van der Waals surface area contributed by atoms with Crippen molar-refractivity contribution in [3.8, 4) is 0 Å². The van der Waals surface area contributed by atoms with Crippen LogP contribution in [0.3, 0.4) is 0 Å². The molecule has 1 aliphatic carbocycles. The second-order valence-electron chi connectivity index (χ2n) is 8.63. The predicted octanol–water partition coefficient (Wildman–Crippen LogP) is 2.79. The second-order valence-corrected chi connectivity index (χ2v) is 8.63. The maximum atomic E-state index is 10.5. The number of hydrogen-bond acceptors (Lipinski definition) is 4. The van der Waals surface area contributed by atoms with Crippen LogP contribution in [0.4, 0.5) is 0 Å². The van der Waals surface area contributed by atoms with Crippen molar-refractivity contribution in [2.75, 3.05) is 0 Å². The highest BCUT2D eigenvalue weighted by molar-refractivity contribution is 5.52. The summed E-state index contributed by atoms with van der Waals surface area (Å²) in [4.78, 5) is 0. The molecule has 0 saturated carbocycles. The first-order valence-electron chi connectivity index (χ1n) is 8.20. The zero-order valence-electron chi connectivity index (χ0n) is 16.1. The van der Waals surface area contributed by atoms with Crippen molar-refractivity contribution >= 4 is 0 Å². The van der Waals surface area contributed by atoms with Gasteiger partial charge in [-0.2, -0.15) is 0 Å². The molecule has 1 rings (SSSR count). The van der Waals surface area contributed by atoms with E-state index in [-0.39, 0.29) is 0 Å². The third kappa shape index (κ3) is 5.42. The first kappa shape index (κ1) is 20.8. The van der Waals surface area contributed by atoms with E-state index in [1.54, 1.807) is 79.7 Å². The van der Waals surface area contributed by atoms with Gasteiger partial charge in [-0.3, -0.25) is 0 Å². The number of rotatable bonds is 4. The van der Waals surface area contributed by atoms with Crippen molar-refractivity contribution in [2.24, 2.45) is 0 Å². The zero-order valence-corrected chi connectivity index (χ0v) is 16.1. The van der Waals surface area contributed by atoms with Crippen LogP contribution in [0.2, 0.25) is 0 Å². The summed E-state index contributed by atoms with van der Waals surface area (Å²) in [5.74, 6) is 0. The van der Waals surface area contributed by atoms with E-state index in [0.717, 1.165) is 0 Å². The van der Waals surface area contributed by atoms with Gasteiger partial charge in [0.15, 0.2) is 0 Å². The van der Waals surface area contributed by atoms with Gasteiger partial charge < -0.3 is 20.4 Å². The SMILES string of the molecule is CC(C)(O)C1=CC(C(C)(C)O)=CC(C(C)(C)O)=CC(C(C)(C)O)=C1.